The van der Waals surface area contributed by atoms with Gasteiger partial charge in [0, 0.05) is 29.9 Å². The second-order valence-electron chi connectivity index (χ2n) is 7.60. The molecule has 0 radical (unpaired) electrons. The molecule has 1 unspecified atom stereocenters. The van der Waals surface area contributed by atoms with Crippen LogP contribution in [0.25, 0.3) is 0 Å². The number of carboxylic acids is 1. The molecular weight excluding hydrogens is 344 g/mol. The molecule has 2 aliphatic rings. The molecule has 1 aromatic heterocycles. The van der Waals surface area contributed by atoms with Gasteiger partial charge in [-0.3, -0.25) is 9.59 Å². The van der Waals surface area contributed by atoms with Gasteiger partial charge in [0.1, 0.15) is 0 Å². The van der Waals surface area contributed by atoms with Gasteiger partial charge in [0.05, 0.1) is 12.2 Å². The summed E-state index contributed by atoms with van der Waals surface area (Å²) in [4.78, 5) is 26.1. The minimum Gasteiger partial charge on any atom is -0.481 e. The molecule has 27 heavy (non-hydrogen) atoms. The number of nitrogens with zero attached hydrogens (tertiary/aromatic N) is 1. The smallest absolute Gasteiger partial charge is 0.306 e. The van der Waals surface area contributed by atoms with Crippen molar-refractivity contribution in [2.45, 2.75) is 51.2 Å². The Morgan fingerprint density at radius 3 is 2.85 bits per heavy atom. The predicted molar refractivity (Wildman–Crippen MR) is 101 cm³/mol. The van der Waals surface area contributed by atoms with Crippen molar-refractivity contribution < 1.29 is 19.1 Å². The SMILES string of the molecule is CC1Cc2ccccc2N1Cc1ccoc1C(=O)N[C@@H]1CC[C@H](C(=O)O)C1. The van der Waals surface area contributed by atoms with Gasteiger partial charge in [0.2, 0.25) is 0 Å². The molecule has 2 N–H and O–H groups in total. The molecule has 1 amide bonds. The lowest BCUT2D eigenvalue weighted by molar-refractivity contribution is -0.141. The number of aliphatic carboxylic acids is 1. The molecule has 3 atom stereocenters. The number of fused-ring (bicyclic) bond motifs is 1. The van der Waals surface area contributed by atoms with Crippen molar-refractivity contribution in [2.24, 2.45) is 5.92 Å². The molecule has 1 fully saturated rings. The number of furan rings is 1. The minimum absolute atomic E-state index is 0.108. The van der Waals surface area contributed by atoms with Gasteiger partial charge in [-0.1, -0.05) is 18.2 Å². The van der Waals surface area contributed by atoms with Gasteiger partial charge in [-0.25, -0.2) is 0 Å². The zero-order chi connectivity index (χ0) is 19.0. The Morgan fingerprint density at radius 2 is 2.07 bits per heavy atom. The summed E-state index contributed by atoms with van der Waals surface area (Å²) in [6.07, 6.45) is 4.32. The molecule has 0 saturated heterocycles. The van der Waals surface area contributed by atoms with Gasteiger partial charge >= 0.3 is 5.97 Å². The predicted octanol–water partition coefficient (Wildman–Crippen LogP) is 3.21. The topological polar surface area (TPSA) is 82.8 Å². The fraction of sp³-hybridized carbons (Fsp3) is 0.429. The fourth-order valence-corrected chi connectivity index (χ4v) is 4.30. The molecule has 2 heterocycles. The first-order valence-electron chi connectivity index (χ1n) is 9.47. The van der Waals surface area contributed by atoms with Crippen LogP contribution in [-0.4, -0.2) is 29.1 Å². The number of para-hydroxylation sites is 1. The van der Waals surface area contributed by atoms with Crippen LogP contribution < -0.4 is 10.2 Å². The van der Waals surface area contributed by atoms with Gasteiger partial charge in [-0.15, -0.1) is 0 Å². The van der Waals surface area contributed by atoms with Crippen LogP contribution in [0.2, 0.25) is 0 Å². The number of anilines is 1. The normalized spacial score (nSPS) is 24.0. The Morgan fingerprint density at radius 1 is 1.26 bits per heavy atom. The minimum atomic E-state index is -0.785. The van der Waals surface area contributed by atoms with Crippen LogP contribution in [0.4, 0.5) is 5.69 Å². The summed E-state index contributed by atoms with van der Waals surface area (Å²) in [6, 6.07) is 10.4. The van der Waals surface area contributed by atoms with E-state index in [9.17, 15) is 9.59 Å². The Labute approximate surface area is 158 Å². The first-order valence-corrected chi connectivity index (χ1v) is 9.47. The van der Waals surface area contributed by atoms with Crippen molar-refractivity contribution in [3.05, 3.63) is 53.5 Å². The molecule has 1 aliphatic heterocycles. The monoisotopic (exact) mass is 368 g/mol. The Bertz CT molecular complexity index is 859. The molecule has 0 spiro atoms. The van der Waals surface area contributed by atoms with Crippen molar-refractivity contribution >= 4 is 17.6 Å². The quantitative estimate of drug-likeness (QED) is 0.847. The number of carbonyl (C=O) groups excluding carboxylic acids is 1. The summed E-state index contributed by atoms with van der Waals surface area (Å²) in [5.41, 5.74) is 3.38. The van der Waals surface area contributed by atoms with E-state index in [4.69, 9.17) is 9.52 Å². The van der Waals surface area contributed by atoms with E-state index in [2.05, 4.69) is 35.3 Å². The average Bonchev–Trinajstić information content (AvgIpc) is 3.35. The molecule has 142 valence electrons. The maximum atomic E-state index is 12.7. The highest BCUT2D eigenvalue weighted by Gasteiger charge is 2.32. The van der Waals surface area contributed by atoms with Gasteiger partial charge in [0.25, 0.3) is 5.91 Å². The van der Waals surface area contributed by atoms with Crippen LogP contribution in [0.15, 0.2) is 41.0 Å². The van der Waals surface area contributed by atoms with E-state index in [1.807, 2.05) is 12.1 Å². The number of carbonyl (C=O) groups is 2. The molecular formula is C21H24N2O4. The third-order valence-corrected chi connectivity index (χ3v) is 5.76. The van der Waals surface area contributed by atoms with E-state index in [1.54, 1.807) is 6.26 Å². The number of nitrogens with one attached hydrogen (secondary N) is 1. The van der Waals surface area contributed by atoms with E-state index in [0.717, 1.165) is 12.0 Å². The molecule has 1 aliphatic carbocycles. The first-order chi connectivity index (χ1) is 13.0. The number of rotatable bonds is 5. The number of carboxylic acid groups (broad SMARTS) is 1. The first kappa shape index (κ1) is 17.6. The standard InChI is InChI=1S/C21H24N2O4/c1-13-10-14-4-2-3-5-18(14)23(13)12-16-8-9-27-19(16)20(24)22-17-7-6-15(11-17)21(25)26/h2-5,8-9,13,15,17H,6-7,10-12H2,1H3,(H,22,24)(H,25,26)/t13?,15-,17+/m0/s1. The van der Waals surface area contributed by atoms with Crippen LogP contribution in [0.3, 0.4) is 0 Å². The highest BCUT2D eigenvalue weighted by Crippen LogP contribution is 2.33. The number of hydrogen-bond donors (Lipinski definition) is 2. The summed E-state index contributed by atoms with van der Waals surface area (Å²) < 4.78 is 5.49. The second-order valence-corrected chi connectivity index (χ2v) is 7.60. The van der Waals surface area contributed by atoms with Gasteiger partial charge in [-0.05, 0) is 50.3 Å². The lowest BCUT2D eigenvalue weighted by Gasteiger charge is -2.24. The highest BCUT2D eigenvalue weighted by molar-refractivity contribution is 5.93. The molecule has 4 rings (SSSR count). The van der Waals surface area contributed by atoms with Crippen LogP contribution >= 0.6 is 0 Å². The Kier molecular flexibility index (Phi) is 4.64. The summed E-state index contributed by atoms with van der Waals surface area (Å²) >= 11 is 0. The summed E-state index contributed by atoms with van der Waals surface area (Å²) in [7, 11) is 0. The summed E-state index contributed by atoms with van der Waals surface area (Å²) in [5, 5.41) is 12.1. The molecule has 6 heteroatoms. The average molecular weight is 368 g/mol. The largest absolute Gasteiger partial charge is 0.481 e. The number of amides is 1. The van der Waals surface area contributed by atoms with Crippen molar-refractivity contribution in [3.63, 3.8) is 0 Å². The molecule has 1 saturated carbocycles. The highest BCUT2D eigenvalue weighted by atomic mass is 16.4. The number of benzene rings is 1. The second kappa shape index (κ2) is 7.10. The Hall–Kier alpha value is -2.76. The van der Waals surface area contributed by atoms with Crippen molar-refractivity contribution in [2.75, 3.05) is 4.90 Å². The van der Waals surface area contributed by atoms with Crippen molar-refractivity contribution in [1.82, 2.24) is 5.32 Å². The van der Waals surface area contributed by atoms with E-state index >= 15 is 0 Å². The summed E-state index contributed by atoms with van der Waals surface area (Å²) in [6.45, 7) is 2.80. The fourth-order valence-electron chi connectivity index (χ4n) is 4.30. The van der Waals surface area contributed by atoms with Crippen molar-refractivity contribution in [1.29, 1.82) is 0 Å². The van der Waals surface area contributed by atoms with E-state index < -0.39 is 5.97 Å². The third-order valence-electron chi connectivity index (χ3n) is 5.76. The molecule has 0 bridgehead atoms. The molecule has 2 aromatic rings. The van der Waals surface area contributed by atoms with E-state index in [1.165, 1.54) is 11.3 Å². The van der Waals surface area contributed by atoms with Gasteiger partial charge in [0.15, 0.2) is 5.76 Å². The van der Waals surface area contributed by atoms with Gasteiger partial charge < -0.3 is 19.7 Å². The van der Waals surface area contributed by atoms with E-state index in [0.29, 0.717) is 37.6 Å². The van der Waals surface area contributed by atoms with Crippen LogP contribution in [0, 0.1) is 5.92 Å². The van der Waals surface area contributed by atoms with Crippen LogP contribution in [0.1, 0.15) is 47.9 Å². The lowest BCUT2D eigenvalue weighted by Crippen LogP contribution is -2.34. The molecule has 6 nitrogen and oxygen atoms in total. The molecule has 1 aromatic carbocycles. The van der Waals surface area contributed by atoms with Crippen LogP contribution in [0.5, 0.6) is 0 Å². The number of hydrogen-bond acceptors (Lipinski definition) is 4. The zero-order valence-corrected chi connectivity index (χ0v) is 15.4. The van der Waals surface area contributed by atoms with E-state index in [-0.39, 0.29) is 17.9 Å². The maximum absolute atomic E-state index is 12.7. The van der Waals surface area contributed by atoms with Crippen LogP contribution in [-0.2, 0) is 17.8 Å². The van der Waals surface area contributed by atoms with Crippen molar-refractivity contribution in [3.8, 4) is 0 Å². The Balaban J connectivity index is 1.46. The third kappa shape index (κ3) is 3.44. The van der Waals surface area contributed by atoms with Gasteiger partial charge in [-0.2, -0.15) is 0 Å². The summed E-state index contributed by atoms with van der Waals surface area (Å²) in [5.74, 6) is -1.09. The lowest BCUT2D eigenvalue weighted by atomic mass is 10.1. The maximum Gasteiger partial charge on any atom is 0.306 e. The zero-order valence-electron chi connectivity index (χ0n) is 15.4.